The number of hydrogen-bond acceptors (Lipinski definition) is 3. The summed E-state index contributed by atoms with van der Waals surface area (Å²) in [5, 5.41) is 14.1. The molecule has 1 rings (SSSR count). The highest BCUT2D eigenvalue weighted by molar-refractivity contribution is 7.10. The van der Waals surface area contributed by atoms with Gasteiger partial charge in [0.2, 0.25) is 0 Å². The summed E-state index contributed by atoms with van der Waals surface area (Å²) in [4.78, 5) is 1.38. The van der Waals surface area contributed by atoms with Crippen molar-refractivity contribution in [3.63, 3.8) is 0 Å². The van der Waals surface area contributed by atoms with Crippen LogP contribution >= 0.6 is 11.3 Å². The molecule has 1 aromatic rings. The third-order valence-electron chi connectivity index (χ3n) is 2.01. The highest BCUT2D eigenvalue weighted by Gasteiger charge is 2.03. The molecular formula is C10H17NOS. The zero-order valence-corrected chi connectivity index (χ0v) is 8.81. The summed E-state index contributed by atoms with van der Waals surface area (Å²) in [6, 6.07) is 4.67. The van der Waals surface area contributed by atoms with E-state index >= 15 is 0 Å². The van der Waals surface area contributed by atoms with Gasteiger partial charge in [0.15, 0.2) is 0 Å². The van der Waals surface area contributed by atoms with Crippen molar-refractivity contribution >= 4 is 11.3 Å². The first-order chi connectivity index (χ1) is 6.34. The predicted octanol–water partition coefficient (Wildman–Crippen LogP) is 2.17. The number of rotatable bonds is 6. The highest BCUT2D eigenvalue weighted by Crippen LogP contribution is 2.17. The topological polar surface area (TPSA) is 32.3 Å². The average Bonchev–Trinajstić information content (AvgIpc) is 2.65. The second-order valence-corrected chi connectivity index (χ2v) is 4.10. The Morgan fingerprint density at radius 1 is 1.54 bits per heavy atom. The van der Waals surface area contributed by atoms with Crippen LogP contribution in [0.2, 0.25) is 0 Å². The molecule has 3 heteroatoms. The Hall–Kier alpha value is -0.380. The van der Waals surface area contributed by atoms with Crippen LogP contribution in [-0.2, 0) is 0 Å². The molecule has 13 heavy (non-hydrogen) atoms. The largest absolute Gasteiger partial charge is 0.396 e. The molecule has 0 saturated heterocycles. The molecule has 0 bridgehead atoms. The van der Waals surface area contributed by atoms with Crippen LogP contribution in [0, 0.1) is 0 Å². The molecule has 1 atom stereocenters. The lowest BCUT2D eigenvalue weighted by atomic mass is 10.2. The lowest BCUT2D eigenvalue weighted by Crippen LogP contribution is -2.19. The quantitative estimate of drug-likeness (QED) is 0.688. The first-order valence-electron chi connectivity index (χ1n) is 4.72. The fourth-order valence-corrected chi connectivity index (χ4v) is 1.95. The molecule has 0 saturated carbocycles. The lowest BCUT2D eigenvalue weighted by molar-refractivity contribution is 0.283. The van der Waals surface area contributed by atoms with E-state index in [-0.39, 0.29) is 0 Å². The van der Waals surface area contributed by atoms with Gasteiger partial charge in [-0.3, -0.25) is 0 Å². The summed E-state index contributed by atoms with van der Waals surface area (Å²) >= 11 is 1.78. The number of aliphatic hydroxyl groups is 1. The minimum atomic E-state index is 0.301. The van der Waals surface area contributed by atoms with Crippen LogP contribution in [0.15, 0.2) is 17.5 Å². The van der Waals surface area contributed by atoms with Crippen molar-refractivity contribution in [2.45, 2.75) is 25.8 Å². The Morgan fingerprint density at radius 3 is 3.00 bits per heavy atom. The third kappa shape index (κ3) is 3.89. The summed E-state index contributed by atoms with van der Waals surface area (Å²) in [6.45, 7) is 3.46. The monoisotopic (exact) mass is 199 g/mol. The molecule has 0 aliphatic heterocycles. The van der Waals surface area contributed by atoms with Crippen molar-refractivity contribution in [2.75, 3.05) is 13.2 Å². The number of hydrogen-bond donors (Lipinski definition) is 2. The smallest absolute Gasteiger partial charge is 0.0431 e. The van der Waals surface area contributed by atoms with E-state index in [0.29, 0.717) is 12.6 Å². The van der Waals surface area contributed by atoms with Crippen LogP contribution in [0.5, 0.6) is 0 Å². The van der Waals surface area contributed by atoms with Crippen LogP contribution in [0.1, 0.15) is 30.7 Å². The minimum absolute atomic E-state index is 0.301. The standard InChI is InChI=1S/C10H17NOS/c1-9(10-5-4-8-13-10)11-6-2-3-7-12/h4-5,8-9,11-12H,2-3,6-7H2,1H3/t9-/m0/s1. The Kier molecular flexibility index (Phi) is 5.05. The van der Waals surface area contributed by atoms with E-state index in [9.17, 15) is 0 Å². The second-order valence-electron chi connectivity index (χ2n) is 3.12. The van der Waals surface area contributed by atoms with E-state index in [1.807, 2.05) is 0 Å². The third-order valence-corrected chi connectivity index (χ3v) is 3.06. The maximum Gasteiger partial charge on any atom is 0.0431 e. The van der Waals surface area contributed by atoms with E-state index in [0.717, 1.165) is 19.4 Å². The summed E-state index contributed by atoms with van der Waals surface area (Å²) in [6.07, 6.45) is 1.94. The first-order valence-corrected chi connectivity index (χ1v) is 5.60. The Morgan fingerprint density at radius 2 is 2.38 bits per heavy atom. The highest BCUT2D eigenvalue weighted by atomic mass is 32.1. The Labute approximate surface area is 83.6 Å². The first kappa shape index (κ1) is 10.7. The van der Waals surface area contributed by atoms with Crippen molar-refractivity contribution in [1.82, 2.24) is 5.32 Å². The molecule has 2 N–H and O–H groups in total. The molecule has 0 spiro atoms. The van der Waals surface area contributed by atoms with Gasteiger partial charge in [0.05, 0.1) is 0 Å². The van der Waals surface area contributed by atoms with Crippen LogP contribution in [0.3, 0.4) is 0 Å². The second kappa shape index (κ2) is 6.13. The maximum absolute atomic E-state index is 8.59. The van der Waals surface area contributed by atoms with Crippen molar-refractivity contribution < 1.29 is 5.11 Å². The molecule has 0 amide bonds. The molecule has 0 aliphatic carbocycles. The Balaban J connectivity index is 2.15. The van der Waals surface area contributed by atoms with E-state index in [1.165, 1.54) is 4.88 Å². The van der Waals surface area contributed by atoms with Gasteiger partial charge in [0.25, 0.3) is 0 Å². The van der Waals surface area contributed by atoms with E-state index in [1.54, 1.807) is 11.3 Å². The van der Waals surface area contributed by atoms with Gasteiger partial charge in [0, 0.05) is 17.5 Å². The molecule has 1 aromatic heterocycles. The van der Waals surface area contributed by atoms with Gasteiger partial charge in [-0.2, -0.15) is 0 Å². The molecule has 0 aliphatic rings. The van der Waals surface area contributed by atoms with Crippen LogP contribution in [0.25, 0.3) is 0 Å². The fourth-order valence-electron chi connectivity index (χ4n) is 1.19. The van der Waals surface area contributed by atoms with Crippen molar-refractivity contribution in [1.29, 1.82) is 0 Å². The number of thiophene rings is 1. The molecule has 1 heterocycles. The van der Waals surface area contributed by atoms with Crippen molar-refractivity contribution in [3.05, 3.63) is 22.4 Å². The van der Waals surface area contributed by atoms with Crippen LogP contribution in [-0.4, -0.2) is 18.3 Å². The molecule has 0 unspecified atom stereocenters. The van der Waals surface area contributed by atoms with Gasteiger partial charge in [-0.15, -0.1) is 11.3 Å². The fraction of sp³-hybridized carbons (Fsp3) is 0.600. The van der Waals surface area contributed by atoms with Gasteiger partial charge in [-0.05, 0) is 37.8 Å². The van der Waals surface area contributed by atoms with Gasteiger partial charge in [-0.25, -0.2) is 0 Å². The van der Waals surface area contributed by atoms with Gasteiger partial charge >= 0.3 is 0 Å². The molecule has 0 radical (unpaired) electrons. The van der Waals surface area contributed by atoms with Crippen LogP contribution in [0.4, 0.5) is 0 Å². The zero-order valence-electron chi connectivity index (χ0n) is 7.99. The molecular weight excluding hydrogens is 182 g/mol. The van der Waals surface area contributed by atoms with Crippen LogP contribution < -0.4 is 5.32 Å². The van der Waals surface area contributed by atoms with Gasteiger partial charge < -0.3 is 10.4 Å². The number of aliphatic hydroxyl groups excluding tert-OH is 1. The number of unbranched alkanes of at least 4 members (excludes halogenated alkanes) is 1. The normalized spacial score (nSPS) is 13.1. The van der Waals surface area contributed by atoms with Crippen molar-refractivity contribution in [3.8, 4) is 0 Å². The number of nitrogens with one attached hydrogen (secondary N) is 1. The van der Waals surface area contributed by atoms with Gasteiger partial charge in [0.1, 0.15) is 0 Å². The maximum atomic E-state index is 8.59. The summed E-state index contributed by atoms with van der Waals surface area (Å²) in [7, 11) is 0. The van der Waals surface area contributed by atoms with Crippen molar-refractivity contribution in [2.24, 2.45) is 0 Å². The van der Waals surface area contributed by atoms with Gasteiger partial charge in [-0.1, -0.05) is 6.07 Å². The summed E-state index contributed by atoms with van der Waals surface area (Å²) in [5.74, 6) is 0. The van der Waals surface area contributed by atoms with E-state index < -0.39 is 0 Å². The SMILES string of the molecule is C[C@H](NCCCCO)c1cccs1. The summed E-state index contributed by atoms with van der Waals surface area (Å²) < 4.78 is 0. The molecule has 74 valence electrons. The van der Waals surface area contributed by atoms with E-state index in [2.05, 4.69) is 29.8 Å². The molecule has 0 aromatic carbocycles. The summed E-state index contributed by atoms with van der Waals surface area (Å²) in [5.41, 5.74) is 0. The Bertz CT molecular complexity index is 211. The zero-order chi connectivity index (χ0) is 9.52. The predicted molar refractivity (Wildman–Crippen MR) is 57.1 cm³/mol. The lowest BCUT2D eigenvalue weighted by Gasteiger charge is -2.11. The average molecular weight is 199 g/mol. The minimum Gasteiger partial charge on any atom is -0.396 e. The van der Waals surface area contributed by atoms with E-state index in [4.69, 9.17) is 5.11 Å². The molecule has 2 nitrogen and oxygen atoms in total. The molecule has 0 fully saturated rings.